The Labute approximate surface area is 112 Å². The van der Waals surface area contributed by atoms with Gasteiger partial charge < -0.3 is 10.2 Å². The number of carbonyl (C=O) groups is 1. The van der Waals surface area contributed by atoms with E-state index in [9.17, 15) is 15.0 Å². The zero-order chi connectivity index (χ0) is 13.8. The van der Waals surface area contributed by atoms with Crippen molar-refractivity contribution >= 4 is 16.6 Å². The predicted octanol–water partition coefficient (Wildman–Crippen LogP) is 4.01. The summed E-state index contributed by atoms with van der Waals surface area (Å²) >= 11 is 0. The van der Waals surface area contributed by atoms with Gasteiger partial charge in [0.1, 0.15) is 0 Å². The van der Waals surface area contributed by atoms with E-state index in [2.05, 4.69) is 6.92 Å². The second kappa shape index (κ2) is 5.74. The second-order valence-corrected chi connectivity index (χ2v) is 4.72. The highest BCUT2D eigenvalue weighted by Gasteiger charge is 2.16. The molecule has 0 atom stereocenters. The number of hydrogen-bond acceptors (Lipinski definition) is 3. The first-order valence-corrected chi connectivity index (χ1v) is 6.62. The van der Waals surface area contributed by atoms with Crippen LogP contribution in [0, 0.1) is 0 Å². The highest BCUT2D eigenvalue weighted by molar-refractivity contribution is 6.05. The molecule has 3 heteroatoms. The second-order valence-electron chi connectivity index (χ2n) is 4.72. The van der Waals surface area contributed by atoms with Crippen LogP contribution >= 0.6 is 0 Å². The zero-order valence-electron chi connectivity index (χ0n) is 11.0. The molecule has 3 nitrogen and oxygen atoms in total. The van der Waals surface area contributed by atoms with Gasteiger partial charge in [-0.25, -0.2) is 0 Å². The molecule has 0 aliphatic rings. The highest BCUT2D eigenvalue weighted by atomic mass is 16.3. The molecule has 0 heterocycles. The van der Waals surface area contributed by atoms with Crippen molar-refractivity contribution in [3.05, 3.63) is 35.9 Å². The van der Waals surface area contributed by atoms with Crippen LogP contribution in [0.5, 0.6) is 11.5 Å². The molecule has 0 aliphatic carbocycles. The highest BCUT2D eigenvalue weighted by Crippen LogP contribution is 2.37. The Morgan fingerprint density at radius 1 is 1.11 bits per heavy atom. The molecule has 0 aromatic heterocycles. The molecule has 0 spiro atoms. The van der Waals surface area contributed by atoms with Crippen LogP contribution in [0.4, 0.5) is 0 Å². The smallest absolute Gasteiger partial charge is 0.169 e. The minimum atomic E-state index is -0.305. The number of phenols is 2. The van der Waals surface area contributed by atoms with E-state index in [1.807, 2.05) is 12.1 Å². The number of benzene rings is 2. The minimum absolute atomic E-state index is 0.119. The lowest BCUT2D eigenvalue weighted by Gasteiger charge is -2.09. The van der Waals surface area contributed by atoms with Crippen molar-refractivity contribution in [1.29, 1.82) is 0 Å². The Kier molecular flexibility index (Phi) is 4.05. The third kappa shape index (κ3) is 2.70. The monoisotopic (exact) mass is 258 g/mol. The number of ketones is 1. The number of fused-ring (bicyclic) bond motifs is 1. The Balaban J connectivity index is 2.38. The van der Waals surface area contributed by atoms with Crippen LogP contribution in [-0.2, 0) is 0 Å². The summed E-state index contributed by atoms with van der Waals surface area (Å²) in [6, 6.07) is 8.81. The number of aromatic hydroxyl groups is 2. The maximum absolute atomic E-state index is 12.1. The van der Waals surface area contributed by atoms with E-state index >= 15 is 0 Å². The molecule has 0 aliphatic heterocycles. The molecule has 2 N–H and O–H groups in total. The van der Waals surface area contributed by atoms with Gasteiger partial charge in [-0.2, -0.15) is 0 Å². The minimum Gasteiger partial charge on any atom is -0.504 e. The molecular weight excluding hydrogens is 240 g/mol. The summed E-state index contributed by atoms with van der Waals surface area (Å²) in [6.45, 7) is 2.07. The van der Waals surface area contributed by atoms with Gasteiger partial charge >= 0.3 is 0 Å². The van der Waals surface area contributed by atoms with Gasteiger partial charge in [0.25, 0.3) is 0 Å². The molecule has 0 amide bonds. The van der Waals surface area contributed by atoms with Crippen molar-refractivity contribution in [2.75, 3.05) is 0 Å². The van der Waals surface area contributed by atoms with Gasteiger partial charge in [0.2, 0.25) is 0 Å². The summed E-state index contributed by atoms with van der Waals surface area (Å²) in [6.07, 6.45) is 3.25. The fraction of sp³-hybridized carbons (Fsp3) is 0.312. The van der Waals surface area contributed by atoms with Crippen LogP contribution in [0.15, 0.2) is 30.3 Å². The Morgan fingerprint density at radius 3 is 2.58 bits per heavy atom. The average molecular weight is 258 g/mol. The van der Waals surface area contributed by atoms with Crippen LogP contribution in [0.25, 0.3) is 10.8 Å². The molecule has 0 bridgehead atoms. The molecule has 0 saturated heterocycles. The van der Waals surface area contributed by atoms with E-state index in [1.54, 1.807) is 18.2 Å². The van der Waals surface area contributed by atoms with Crippen molar-refractivity contribution in [1.82, 2.24) is 0 Å². The SMILES string of the molecule is CCCCCC(=O)c1cc2ccccc2c(O)c1O. The maximum atomic E-state index is 12.1. The topological polar surface area (TPSA) is 57.5 Å². The fourth-order valence-electron chi connectivity index (χ4n) is 2.20. The molecule has 2 rings (SSSR count). The lowest BCUT2D eigenvalue weighted by molar-refractivity contribution is 0.0976. The van der Waals surface area contributed by atoms with E-state index in [4.69, 9.17) is 0 Å². The summed E-state index contributed by atoms with van der Waals surface area (Å²) in [5.41, 5.74) is 0.215. The first-order valence-electron chi connectivity index (χ1n) is 6.62. The summed E-state index contributed by atoms with van der Waals surface area (Å²) in [5, 5.41) is 21.2. The summed E-state index contributed by atoms with van der Waals surface area (Å²) < 4.78 is 0. The number of hydrogen-bond donors (Lipinski definition) is 2. The van der Waals surface area contributed by atoms with Crippen molar-refractivity contribution in [3.8, 4) is 11.5 Å². The van der Waals surface area contributed by atoms with Gasteiger partial charge in [-0.15, -0.1) is 0 Å². The third-order valence-electron chi connectivity index (χ3n) is 3.30. The predicted molar refractivity (Wildman–Crippen MR) is 75.8 cm³/mol. The lowest BCUT2D eigenvalue weighted by atomic mass is 9.99. The molecule has 2 aromatic rings. The van der Waals surface area contributed by atoms with Crippen molar-refractivity contribution in [2.24, 2.45) is 0 Å². The number of Topliss-reactive ketones (excluding diaryl/α,β-unsaturated/α-hetero) is 1. The van der Waals surface area contributed by atoms with Crippen LogP contribution < -0.4 is 0 Å². The molecular formula is C16H18O3. The van der Waals surface area contributed by atoms with Crippen molar-refractivity contribution in [3.63, 3.8) is 0 Å². The van der Waals surface area contributed by atoms with Crippen LogP contribution in [0.1, 0.15) is 43.0 Å². The molecule has 0 fully saturated rings. The summed E-state index contributed by atoms with van der Waals surface area (Å²) in [7, 11) is 0. The van der Waals surface area contributed by atoms with E-state index in [1.165, 1.54) is 0 Å². The number of unbranched alkanes of at least 4 members (excludes halogenated alkanes) is 2. The van der Waals surface area contributed by atoms with Gasteiger partial charge in [-0.1, -0.05) is 44.0 Å². The van der Waals surface area contributed by atoms with Gasteiger partial charge in [-0.05, 0) is 17.9 Å². The first-order chi connectivity index (χ1) is 9.15. The number of rotatable bonds is 5. The molecule has 0 saturated carbocycles. The quantitative estimate of drug-likeness (QED) is 0.484. The van der Waals surface area contributed by atoms with E-state index in [0.29, 0.717) is 11.8 Å². The van der Waals surface area contributed by atoms with Gasteiger partial charge in [-0.3, -0.25) is 4.79 Å². The largest absolute Gasteiger partial charge is 0.504 e. The average Bonchev–Trinajstić information content (AvgIpc) is 2.43. The van der Waals surface area contributed by atoms with E-state index < -0.39 is 0 Å². The van der Waals surface area contributed by atoms with Gasteiger partial charge in [0.15, 0.2) is 17.3 Å². The third-order valence-corrected chi connectivity index (χ3v) is 3.30. The zero-order valence-corrected chi connectivity index (χ0v) is 11.0. The van der Waals surface area contributed by atoms with Crippen molar-refractivity contribution in [2.45, 2.75) is 32.6 Å². The summed E-state index contributed by atoms with van der Waals surface area (Å²) in [5.74, 6) is -0.635. The fourth-order valence-corrected chi connectivity index (χ4v) is 2.20. The van der Waals surface area contributed by atoms with E-state index in [-0.39, 0.29) is 22.8 Å². The van der Waals surface area contributed by atoms with Crippen molar-refractivity contribution < 1.29 is 15.0 Å². The van der Waals surface area contributed by atoms with Gasteiger partial charge in [0.05, 0.1) is 5.56 Å². The Bertz CT molecular complexity index is 602. The standard InChI is InChI=1S/C16H18O3/c1-2-3-4-9-14(17)13-10-11-7-5-6-8-12(11)15(18)16(13)19/h5-8,10,18-19H,2-4,9H2,1H3. The van der Waals surface area contributed by atoms with Crippen LogP contribution in [0.3, 0.4) is 0 Å². The van der Waals surface area contributed by atoms with Crippen LogP contribution in [-0.4, -0.2) is 16.0 Å². The molecule has 19 heavy (non-hydrogen) atoms. The van der Waals surface area contributed by atoms with Gasteiger partial charge in [0, 0.05) is 11.8 Å². The number of carbonyl (C=O) groups excluding carboxylic acids is 1. The van der Waals surface area contributed by atoms with E-state index in [0.717, 1.165) is 24.6 Å². The Morgan fingerprint density at radius 2 is 1.84 bits per heavy atom. The first kappa shape index (κ1) is 13.4. The maximum Gasteiger partial charge on any atom is 0.169 e. The molecule has 0 unspecified atom stereocenters. The molecule has 0 radical (unpaired) electrons. The number of phenolic OH excluding ortho intramolecular Hbond substituents is 2. The van der Waals surface area contributed by atoms with Crippen LogP contribution in [0.2, 0.25) is 0 Å². The molecule has 100 valence electrons. The lowest BCUT2D eigenvalue weighted by Crippen LogP contribution is -2.00. The molecule has 2 aromatic carbocycles. The normalized spacial score (nSPS) is 10.8. The Hall–Kier alpha value is -2.03. The summed E-state index contributed by atoms with van der Waals surface area (Å²) in [4.78, 5) is 12.1.